The van der Waals surface area contributed by atoms with E-state index in [1.54, 1.807) is 6.20 Å². The number of hydrogen-bond acceptors (Lipinski definition) is 7. The number of nitrogens with one attached hydrogen (secondary N) is 4. The van der Waals surface area contributed by atoms with Crippen LogP contribution in [0.2, 0.25) is 0 Å². The molecule has 2 aromatic heterocycles. The second-order valence-corrected chi connectivity index (χ2v) is 10.0. The van der Waals surface area contributed by atoms with Gasteiger partial charge in [-0.3, -0.25) is 4.79 Å². The van der Waals surface area contributed by atoms with E-state index in [-0.39, 0.29) is 17.4 Å². The van der Waals surface area contributed by atoms with Gasteiger partial charge in [-0.15, -0.1) is 0 Å². The number of carbonyl (C=O) groups is 1. The molecule has 176 valence electrons. The average molecular weight is 458 g/mol. The summed E-state index contributed by atoms with van der Waals surface area (Å²) in [5.41, 5.74) is 4.83. The Morgan fingerprint density at radius 2 is 1.91 bits per heavy atom. The molecule has 0 saturated heterocycles. The third-order valence-electron chi connectivity index (χ3n) is 6.06. The normalized spacial score (nSPS) is 15.4. The molecule has 0 atom stereocenters. The topological polar surface area (TPSA) is 104 Å². The average Bonchev–Trinajstić information content (AvgIpc) is 3.63. The molecule has 0 spiro atoms. The number of anilines is 4. The molecular formula is C26H31N7O. The monoisotopic (exact) mass is 457 g/mol. The Labute approximate surface area is 200 Å². The van der Waals surface area contributed by atoms with E-state index in [0.717, 1.165) is 43.7 Å². The van der Waals surface area contributed by atoms with Crippen LogP contribution in [-0.2, 0) is 18.4 Å². The molecule has 34 heavy (non-hydrogen) atoms. The summed E-state index contributed by atoms with van der Waals surface area (Å²) in [5, 5.41) is 13.0. The Morgan fingerprint density at radius 1 is 1.06 bits per heavy atom. The van der Waals surface area contributed by atoms with Crippen molar-refractivity contribution < 1.29 is 4.79 Å². The second-order valence-electron chi connectivity index (χ2n) is 10.0. The number of carbonyl (C=O) groups excluding carboxylic acids is 1. The van der Waals surface area contributed by atoms with Crippen molar-refractivity contribution in [3.05, 3.63) is 65.0 Å². The number of rotatable bonds is 6. The van der Waals surface area contributed by atoms with Crippen LogP contribution < -0.4 is 21.3 Å². The van der Waals surface area contributed by atoms with E-state index >= 15 is 0 Å². The quantitative estimate of drug-likeness (QED) is 0.440. The van der Waals surface area contributed by atoms with Crippen LogP contribution in [0, 0.1) is 0 Å². The molecule has 0 unspecified atom stereocenters. The van der Waals surface area contributed by atoms with E-state index in [9.17, 15) is 4.79 Å². The van der Waals surface area contributed by atoms with Crippen LogP contribution in [0.1, 0.15) is 60.8 Å². The fraction of sp³-hybridized carbons (Fsp3) is 0.385. The highest BCUT2D eigenvalue weighted by molar-refractivity contribution is 5.99. The highest BCUT2D eigenvalue weighted by Gasteiger charge is 2.26. The van der Waals surface area contributed by atoms with E-state index in [0.29, 0.717) is 23.1 Å². The first-order valence-electron chi connectivity index (χ1n) is 11.9. The third-order valence-corrected chi connectivity index (χ3v) is 6.06. The van der Waals surface area contributed by atoms with Crippen molar-refractivity contribution in [1.29, 1.82) is 0 Å². The summed E-state index contributed by atoms with van der Waals surface area (Å²) in [5.74, 6) is 1.31. The number of aromatic nitrogens is 3. The molecular weight excluding hydrogens is 426 g/mol. The lowest BCUT2D eigenvalue weighted by Crippen LogP contribution is -2.27. The van der Waals surface area contributed by atoms with Crippen molar-refractivity contribution >= 4 is 29.2 Å². The zero-order valence-electron chi connectivity index (χ0n) is 19.9. The van der Waals surface area contributed by atoms with Gasteiger partial charge in [-0.1, -0.05) is 32.9 Å². The van der Waals surface area contributed by atoms with Gasteiger partial charge in [0, 0.05) is 35.6 Å². The maximum Gasteiger partial charge on any atom is 0.256 e. The molecule has 5 rings (SSSR count). The van der Waals surface area contributed by atoms with E-state index in [1.165, 1.54) is 11.1 Å². The lowest BCUT2D eigenvalue weighted by atomic mass is 9.92. The molecule has 1 amide bonds. The molecule has 3 heterocycles. The molecule has 4 N–H and O–H groups in total. The van der Waals surface area contributed by atoms with Crippen molar-refractivity contribution in [2.45, 2.75) is 58.0 Å². The molecule has 0 bridgehead atoms. The smallest absolute Gasteiger partial charge is 0.256 e. The summed E-state index contributed by atoms with van der Waals surface area (Å²) >= 11 is 0. The van der Waals surface area contributed by atoms with Crippen LogP contribution in [0.3, 0.4) is 0 Å². The van der Waals surface area contributed by atoms with Gasteiger partial charge < -0.3 is 21.3 Å². The highest BCUT2D eigenvalue weighted by Crippen LogP contribution is 2.26. The molecule has 1 aliphatic heterocycles. The summed E-state index contributed by atoms with van der Waals surface area (Å²) < 4.78 is 0. The van der Waals surface area contributed by atoms with Gasteiger partial charge in [0.05, 0.1) is 0 Å². The Morgan fingerprint density at radius 3 is 2.71 bits per heavy atom. The Kier molecular flexibility index (Phi) is 5.91. The predicted octanol–water partition coefficient (Wildman–Crippen LogP) is 4.19. The van der Waals surface area contributed by atoms with Gasteiger partial charge in [-0.05, 0) is 61.2 Å². The van der Waals surface area contributed by atoms with Gasteiger partial charge in [0.2, 0.25) is 5.95 Å². The summed E-state index contributed by atoms with van der Waals surface area (Å²) in [6.07, 6.45) is 4.59. The SMILES string of the molecule is CC(C)(C)c1cccc(Nc2nc(Nc3ccc4c(c3)CCNC4)ncc2C(=O)NC2CC2)n1. The van der Waals surface area contributed by atoms with Crippen molar-refractivity contribution in [3.8, 4) is 0 Å². The highest BCUT2D eigenvalue weighted by atomic mass is 16.1. The number of hydrogen-bond donors (Lipinski definition) is 4. The minimum Gasteiger partial charge on any atom is -0.349 e. The minimum absolute atomic E-state index is 0.0930. The molecule has 1 saturated carbocycles. The van der Waals surface area contributed by atoms with Gasteiger partial charge in [0.1, 0.15) is 17.2 Å². The zero-order valence-corrected chi connectivity index (χ0v) is 19.9. The van der Waals surface area contributed by atoms with Crippen LogP contribution >= 0.6 is 0 Å². The van der Waals surface area contributed by atoms with Crippen LogP contribution in [0.4, 0.5) is 23.3 Å². The largest absolute Gasteiger partial charge is 0.349 e. The summed E-state index contributed by atoms with van der Waals surface area (Å²) in [6.45, 7) is 8.23. The first-order valence-corrected chi connectivity index (χ1v) is 11.9. The fourth-order valence-corrected chi connectivity index (χ4v) is 3.92. The van der Waals surface area contributed by atoms with Crippen LogP contribution in [0.5, 0.6) is 0 Å². The summed E-state index contributed by atoms with van der Waals surface area (Å²) in [6, 6.07) is 12.4. The van der Waals surface area contributed by atoms with Crippen LogP contribution in [0.25, 0.3) is 0 Å². The maximum atomic E-state index is 12.9. The number of pyridine rings is 1. The van der Waals surface area contributed by atoms with E-state index < -0.39 is 0 Å². The molecule has 8 nitrogen and oxygen atoms in total. The van der Waals surface area contributed by atoms with Gasteiger partial charge in [0.25, 0.3) is 5.91 Å². The molecule has 8 heteroatoms. The predicted molar refractivity (Wildman–Crippen MR) is 134 cm³/mol. The fourth-order valence-electron chi connectivity index (χ4n) is 3.92. The molecule has 1 aromatic carbocycles. The standard InChI is InChI=1S/C26H31N7O/c1-26(2,3)21-5-4-6-22(31-21)32-23-20(24(34)29-18-9-10-18)15-28-25(33-23)30-19-8-7-17-14-27-12-11-16(17)13-19/h4-8,13,15,18,27H,9-12,14H2,1-3H3,(H,29,34)(H2,28,30,31,32,33). The maximum absolute atomic E-state index is 12.9. The van der Waals surface area contributed by atoms with E-state index in [2.05, 4.69) is 64.1 Å². The second kappa shape index (κ2) is 9.02. The number of benzene rings is 1. The first-order chi connectivity index (χ1) is 16.3. The minimum atomic E-state index is -0.176. The van der Waals surface area contributed by atoms with Gasteiger partial charge in [-0.2, -0.15) is 4.98 Å². The number of fused-ring (bicyclic) bond motifs is 1. The summed E-state index contributed by atoms with van der Waals surface area (Å²) in [7, 11) is 0. The molecule has 3 aromatic rings. The molecule has 2 aliphatic rings. The van der Waals surface area contributed by atoms with Crippen molar-refractivity contribution in [2.75, 3.05) is 17.2 Å². The zero-order chi connectivity index (χ0) is 23.7. The Hall–Kier alpha value is -3.52. The van der Waals surface area contributed by atoms with E-state index in [4.69, 9.17) is 4.98 Å². The Bertz CT molecular complexity index is 1210. The lowest BCUT2D eigenvalue weighted by molar-refractivity contribution is 0.0951. The van der Waals surface area contributed by atoms with Gasteiger partial charge in [0.15, 0.2) is 0 Å². The first kappa shape index (κ1) is 22.3. The summed E-state index contributed by atoms with van der Waals surface area (Å²) in [4.78, 5) is 26.7. The van der Waals surface area contributed by atoms with Crippen LogP contribution in [-0.4, -0.2) is 33.4 Å². The molecule has 0 radical (unpaired) electrons. The van der Waals surface area contributed by atoms with Crippen molar-refractivity contribution in [3.63, 3.8) is 0 Å². The molecule has 1 fully saturated rings. The van der Waals surface area contributed by atoms with Crippen molar-refractivity contribution in [1.82, 2.24) is 25.6 Å². The van der Waals surface area contributed by atoms with Gasteiger partial charge >= 0.3 is 0 Å². The lowest BCUT2D eigenvalue weighted by Gasteiger charge is -2.19. The van der Waals surface area contributed by atoms with Gasteiger partial charge in [-0.25, -0.2) is 9.97 Å². The molecule has 1 aliphatic carbocycles. The Balaban J connectivity index is 1.44. The number of amides is 1. The third kappa shape index (κ3) is 5.17. The number of nitrogens with zero attached hydrogens (tertiary/aromatic N) is 3. The van der Waals surface area contributed by atoms with Crippen molar-refractivity contribution in [2.24, 2.45) is 0 Å². The van der Waals surface area contributed by atoms with E-state index in [1.807, 2.05) is 24.3 Å². The van der Waals surface area contributed by atoms with Crippen LogP contribution in [0.15, 0.2) is 42.6 Å².